The minimum atomic E-state index is 0.330. The topological polar surface area (TPSA) is 59.3 Å². The first kappa shape index (κ1) is 5.84. The Balaban J connectivity index is 2.34. The number of hydrogen-bond acceptors (Lipinski definition) is 4. The molecule has 0 spiro atoms. The van der Waals surface area contributed by atoms with E-state index in [9.17, 15) is 0 Å². The molecule has 0 heterocycles. The SMILES string of the molecule is CNOCNN. The molecule has 38 valence electrons. The van der Waals surface area contributed by atoms with Gasteiger partial charge >= 0.3 is 0 Å². The van der Waals surface area contributed by atoms with Crippen LogP contribution in [0.2, 0.25) is 0 Å². The van der Waals surface area contributed by atoms with Gasteiger partial charge in [-0.2, -0.15) is 0 Å². The number of hydrogen-bond donors (Lipinski definition) is 3. The van der Waals surface area contributed by atoms with Crippen molar-refractivity contribution < 1.29 is 4.84 Å². The lowest BCUT2D eigenvalue weighted by Gasteiger charge is -1.95. The summed E-state index contributed by atoms with van der Waals surface area (Å²) in [5.41, 5.74) is 4.71. The minimum Gasteiger partial charge on any atom is -0.285 e. The Labute approximate surface area is 36.6 Å². The Morgan fingerprint density at radius 1 is 1.83 bits per heavy atom. The van der Waals surface area contributed by atoms with Crippen LogP contribution in [0.3, 0.4) is 0 Å². The molecule has 0 aliphatic heterocycles. The molecule has 0 radical (unpaired) electrons. The van der Waals surface area contributed by atoms with Crippen LogP contribution < -0.4 is 16.7 Å². The number of hydrazine groups is 1. The highest BCUT2D eigenvalue weighted by Crippen LogP contribution is 1.47. The Kier molecular flexibility index (Phi) is 4.71. The van der Waals surface area contributed by atoms with Crippen LogP contribution in [0.1, 0.15) is 0 Å². The summed E-state index contributed by atoms with van der Waals surface area (Å²) >= 11 is 0. The first-order valence-electron chi connectivity index (χ1n) is 1.64. The smallest absolute Gasteiger partial charge is 0.130 e. The summed E-state index contributed by atoms with van der Waals surface area (Å²) in [4.78, 5) is 4.50. The highest BCUT2D eigenvalue weighted by atomic mass is 16.7. The van der Waals surface area contributed by atoms with Crippen LogP contribution in [0.25, 0.3) is 0 Å². The molecule has 0 saturated heterocycles. The summed E-state index contributed by atoms with van der Waals surface area (Å²) in [6.45, 7) is 0.330. The van der Waals surface area contributed by atoms with Gasteiger partial charge in [0.15, 0.2) is 0 Å². The van der Waals surface area contributed by atoms with Crippen LogP contribution in [-0.2, 0) is 4.84 Å². The van der Waals surface area contributed by atoms with Crippen molar-refractivity contribution in [3.05, 3.63) is 0 Å². The van der Waals surface area contributed by atoms with Crippen molar-refractivity contribution in [2.75, 3.05) is 13.8 Å². The van der Waals surface area contributed by atoms with Crippen LogP contribution >= 0.6 is 0 Å². The van der Waals surface area contributed by atoms with Crippen molar-refractivity contribution in [3.8, 4) is 0 Å². The number of hydroxylamine groups is 1. The molecule has 4 heteroatoms. The van der Waals surface area contributed by atoms with Gasteiger partial charge in [-0.15, -0.1) is 0 Å². The lowest BCUT2D eigenvalue weighted by molar-refractivity contribution is 0.0444. The molecule has 0 bridgehead atoms. The molecule has 4 nitrogen and oxygen atoms in total. The molecule has 0 rings (SSSR count). The first-order valence-corrected chi connectivity index (χ1v) is 1.64. The average Bonchev–Trinajstić information content (AvgIpc) is 1.61. The van der Waals surface area contributed by atoms with Gasteiger partial charge in [0.05, 0.1) is 0 Å². The van der Waals surface area contributed by atoms with Gasteiger partial charge in [0.25, 0.3) is 0 Å². The molecule has 0 unspecified atom stereocenters. The maximum absolute atomic E-state index is 4.80. The van der Waals surface area contributed by atoms with Crippen molar-refractivity contribution in [2.24, 2.45) is 5.84 Å². The molecule has 0 amide bonds. The third-order valence-corrected chi connectivity index (χ3v) is 0.300. The lowest BCUT2D eigenvalue weighted by Crippen LogP contribution is -2.28. The van der Waals surface area contributed by atoms with Gasteiger partial charge in [0, 0.05) is 7.05 Å². The van der Waals surface area contributed by atoms with E-state index in [0.717, 1.165) is 0 Å². The molecular weight excluding hydrogens is 82.0 g/mol. The van der Waals surface area contributed by atoms with Crippen LogP contribution in [0.15, 0.2) is 0 Å². The average molecular weight is 91.1 g/mol. The second-order valence-corrected chi connectivity index (χ2v) is 0.697. The van der Waals surface area contributed by atoms with E-state index in [2.05, 4.69) is 15.7 Å². The van der Waals surface area contributed by atoms with Gasteiger partial charge in [-0.1, -0.05) is 0 Å². The van der Waals surface area contributed by atoms with Crippen molar-refractivity contribution in [1.82, 2.24) is 10.9 Å². The van der Waals surface area contributed by atoms with Crippen LogP contribution in [0, 0.1) is 0 Å². The number of rotatable bonds is 3. The quantitative estimate of drug-likeness (QED) is 0.172. The molecule has 6 heavy (non-hydrogen) atoms. The Morgan fingerprint density at radius 3 is 2.67 bits per heavy atom. The van der Waals surface area contributed by atoms with Crippen molar-refractivity contribution in [3.63, 3.8) is 0 Å². The standard InChI is InChI=1S/C2H9N3O/c1-4-6-2-5-3/h4-5H,2-3H2,1H3. The van der Waals surface area contributed by atoms with E-state index in [1.807, 2.05) is 0 Å². The third-order valence-electron chi connectivity index (χ3n) is 0.300. The van der Waals surface area contributed by atoms with Crippen molar-refractivity contribution in [1.29, 1.82) is 0 Å². The highest BCUT2D eigenvalue weighted by molar-refractivity contribution is 4.03. The zero-order valence-corrected chi connectivity index (χ0v) is 3.69. The van der Waals surface area contributed by atoms with Crippen molar-refractivity contribution in [2.45, 2.75) is 0 Å². The van der Waals surface area contributed by atoms with E-state index in [-0.39, 0.29) is 0 Å². The van der Waals surface area contributed by atoms with E-state index < -0.39 is 0 Å². The maximum Gasteiger partial charge on any atom is 0.130 e. The molecule has 0 fully saturated rings. The van der Waals surface area contributed by atoms with E-state index in [1.54, 1.807) is 7.05 Å². The fourth-order valence-electron chi connectivity index (χ4n) is 0.114. The normalized spacial score (nSPS) is 9.00. The van der Waals surface area contributed by atoms with Crippen LogP contribution in [-0.4, -0.2) is 13.8 Å². The third kappa shape index (κ3) is 3.84. The van der Waals surface area contributed by atoms with Gasteiger partial charge < -0.3 is 0 Å². The fourth-order valence-corrected chi connectivity index (χ4v) is 0.114. The van der Waals surface area contributed by atoms with Gasteiger partial charge in [0.1, 0.15) is 6.73 Å². The summed E-state index contributed by atoms with van der Waals surface area (Å²) in [5, 5.41) is 0. The van der Waals surface area contributed by atoms with E-state index in [0.29, 0.717) is 6.73 Å². The number of nitrogens with two attached hydrogens (primary N) is 1. The van der Waals surface area contributed by atoms with Gasteiger partial charge in [-0.3, -0.25) is 10.7 Å². The molecule has 0 aliphatic rings. The zero-order chi connectivity index (χ0) is 4.83. The lowest BCUT2D eigenvalue weighted by atomic mass is 11.3. The predicted octanol–water partition coefficient (Wildman–Crippen LogP) is -1.44. The monoisotopic (exact) mass is 91.1 g/mol. The zero-order valence-electron chi connectivity index (χ0n) is 3.69. The largest absolute Gasteiger partial charge is 0.285 e. The minimum absolute atomic E-state index is 0.330. The van der Waals surface area contributed by atoms with E-state index in [4.69, 9.17) is 5.84 Å². The second kappa shape index (κ2) is 4.84. The second-order valence-electron chi connectivity index (χ2n) is 0.697. The van der Waals surface area contributed by atoms with Gasteiger partial charge in [0.2, 0.25) is 0 Å². The maximum atomic E-state index is 4.80. The summed E-state index contributed by atoms with van der Waals surface area (Å²) in [6, 6.07) is 0. The van der Waals surface area contributed by atoms with Gasteiger partial charge in [-0.05, 0) is 0 Å². The molecule has 0 saturated carbocycles. The highest BCUT2D eigenvalue weighted by Gasteiger charge is 1.68. The summed E-state index contributed by atoms with van der Waals surface area (Å²) in [6.07, 6.45) is 0. The molecule has 4 N–H and O–H groups in total. The summed E-state index contributed by atoms with van der Waals surface area (Å²) in [5.74, 6) is 4.80. The summed E-state index contributed by atoms with van der Waals surface area (Å²) < 4.78 is 0. The van der Waals surface area contributed by atoms with E-state index in [1.165, 1.54) is 0 Å². The van der Waals surface area contributed by atoms with Gasteiger partial charge in [-0.25, -0.2) is 10.9 Å². The Bertz CT molecular complexity index is 20.8. The predicted molar refractivity (Wildman–Crippen MR) is 22.3 cm³/mol. The Hall–Kier alpha value is -0.160. The molecule has 0 aromatic rings. The van der Waals surface area contributed by atoms with Crippen LogP contribution in [0.4, 0.5) is 0 Å². The molecular formula is C2H9N3O. The fraction of sp³-hybridized carbons (Fsp3) is 1.00. The molecule has 0 aromatic carbocycles. The number of nitrogens with one attached hydrogen (secondary N) is 2. The van der Waals surface area contributed by atoms with E-state index >= 15 is 0 Å². The molecule has 0 atom stereocenters. The summed E-state index contributed by atoms with van der Waals surface area (Å²) in [7, 11) is 1.66. The molecule has 0 aromatic heterocycles. The first-order chi connectivity index (χ1) is 2.91. The van der Waals surface area contributed by atoms with Crippen molar-refractivity contribution >= 4 is 0 Å². The van der Waals surface area contributed by atoms with Crippen LogP contribution in [0.5, 0.6) is 0 Å². The Morgan fingerprint density at radius 2 is 2.50 bits per heavy atom. The molecule has 0 aliphatic carbocycles.